The number of rotatable bonds is 9. The molecule has 9 heteroatoms. The van der Waals surface area contributed by atoms with Gasteiger partial charge in [0.25, 0.3) is 5.56 Å². The first-order chi connectivity index (χ1) is 15.1. The Kier molecular flexibility index (Phi) is 6.46. The summed E-state index contributed by atoms with van der Waals surface area (Å²) in [4.78, 5) is 34.6. The molecule has 0 atom stereocenters. The number of hydrogen-bond donors (Lipinski definition) is 0. The van der Waals surface area contributed by atoms with Crippen molar-refractivity contribution in [3.63, 3.8) is 0 Å². The van der Waals surface area contributed by atoms with Crippen LogP contribution in [0.3, 0.4) is 0 Å². The number of benzene rings is 1. The number of aryl methyl sites for hydroxylation is 1. The molecule has 4 rings (SSSR count). The van der Waals surface area contributed by atoms with Crippen LogP contribution in [0.15, 0.2) is 49.4 Å². The lowest BCUT2D eigenvalue weighted by molar-refractivity contribution is 0.371. The number of hydrogen-bond acceptors (Lipinski definition) is 6. The van der Waals surface area contributed by atoms with Crippen LogP contribution in [0.4, 0.5) is 5.82 Å². The standard InChI is InChI=1S/C22H24ClN5O3/c1-2-3-7-12-27-20-16(14-17(23)24-20)21(29)28(22(27)30)13-8-11-18-25-19(26-31-18)15-9-5-4-6-10-15/h4-6,9-10H,2-3,7-8,11-14H2,1H3. The highest BCUT2D eigenvalue weighted by atomic mass is 35.5. The zero-order valence-corrected chi connectivity index (χ0v) is 18.1. The van der Waals surface area contributed by atoms with Gasteiger partial charge >= 0.3 is 5.69 Å². The van der Waals surface area contributed by atoms with Gasteiger partial charge in [-0.25, -0.2) is 9.79 Å². The van der Waals surface area contributed by atoms with E-state index in [2.05, 4.69) is 22.1 Å². The molecule has 0 spiro atoms. The average molecular weight is 442 g/mol. The fourth-order valence-corrected chi connectivity index (χ4v) is 3.91. The highest BCUT2D eigenvalue weighted by molar-refractivity contribution is 6.66. The normalized spacial score (nSPS) is 12.8. The zero-order valence-electron chi connectivity index (χ0n) is 17.4. The minimum Gasteiger partial charge on any atom is -0.339 e. The quantitative estimate of drug-likeness (QED) is 0.472. The molecule has 1 aromatic carbocycles. The minimum absolute atomic E-state index is 0.263. The first-order valence-electron chi connectivity index (χ1n) is 10.6. The summed E-state index contributed by atoms with van der Waals surface area (Å²) in [6, 6.07) is 9.56. The summed E-state index contributed by atoms with van der Waals surface area (Å²) < 4.78 is 8.19. The minimum atomic E-state index is -0.342. The fourth-order valence-electron chi connectivity index (χ4n) is 3.70. The Bertz CT molecular complexity index is 1210. The second-order valence-corrected chi connectivity index (χ2v) is 7.98. The molecular formula is C22H24ClN5O3. The van der Waals surface area contributed by atoms with E-state index in [1.54, 1.807) is 4.57 Å². The van der Waals surface area contributed by atoms with Crippen molar-refractivity contribution in [2.45, 2.75) is 58.5 Å². The van der Waals surface area contributed by atoms with Gasteiger partial charge in [-0.1, -0.05) is 66.9 Å². The molecule has 3 aromatic rings. The third-order valence-corrected chi connectivity index (χ3v) is 5.52. The Labute approximate surface area is 184 Å². The van der Waals surface area contributed by atoms with E-state index in [1.807, 2.05) is 30.3 Å². The molecule has 0 unspecified atom stereocenters. The molecule has 0 saturated heterocycles. The van der Waals surface area contributed by atoms with Gasteiger partial charge in [0.2, 0.25) is 11.7 Å². The molecule has 2 aromatic heterocycles. The van der Waals surface area contributed by atoms with Crippen molar-refractivity contribution in [3.8, 4) is 11.4 Å². The molecule has 1 aliphatic rings. The van der Waals surface area contributed by atoms with E-state index in [-0.39, 0.29) is 24.2 Å². The third-order valence-electron chi connectivity index (χ3n) is 5.30. The number of aliphatic imine (C=N–C) groups is 1. The summed E-state index contributed by atoms with van der Waals surface area (Å²) in [6.07, 6.45) is 4.14. The van der Waals surface area contributed by atoms with E-state index in [0.717, 1.165) is 24.8 Å². The molecule has 0 aliphatic carbocycles. The average Bonchev–Trinajstić information content (AvgIpc) is 3.40. The number of halogens is 1. The maximum atomic E-state index is 13.0. The van der Waals surface area contributed by atoms with Crippen LogP contribution < -0.4 is 11.2 Å². The maximum absolute atomic E-state index is 13.0. The molecular weight excluding hydrogens is 418 g/mol. The fraction of sp³-hybridized carbons (Fsp3) is 0.409. The molecule has 0 saturated carbocycles. The smallest absolute Gasteiger partial charge is 0.332 e. The lowest BCUT2D eigenvalue weighted by Crippen LogP contribution is -2.41. The largest absolute Gasteiger partial charge is 0.339 e. The van der Waals surface area contributed by atoms with Gasteiger partial charge in [-0.2, -0.15) is 4.98 Å². The van der Waals surface area contributed by atoms with E-state index < -0.39 is 0 Å². The second kappa shape index (κ2) is 9.43. The molecule has 0 N–H and O–H groups in total. The van der Waals surface area contributed by atoms with Crippen LogP contribution in [0, 0.1) is 0 Å². The lowest BCUT2D eigenvalue weighted by atomic mass is 10.2. The monoisotopic (exact) mass is 441 g/mol. The van der Waals surface area contributed by atoms with Crippen molar-refractivity contribution < 1.29 is 4.52 Å². The Morgan fingerprint density at radius 2 is 1.84 bits per heavy atom. The molecule has 3 heterocycles. The Morgan fingerprint density at radius 3 is 2.61 bits per heavy atom. The van der Waals surface area contributed by atoms with Crippen molar-refractivity contribution in [2.75, 3.05) is 0 Å². The first-order valence-corrected chi connectivity index (χ1v) is 10.9. The molecule has 0 fully saturated rings. The summed E-state index contributed by atoms with van der Waals surface area (Å²) in [5.74, 6) is 1.41. The van der Waals surface area contributed by atoms with Crippen molar-refractivity contribution in [1.82, 2.24) is 19.3 Å². The number of aromatic nitrogens is 4. The Hall–Kier alpha value is -3.00. The van der Waals surface area contributed by atoms with Crippen molar-refractivity contribution >= 4 is 22.6 Å². The van der Waals surface area contributed by atoms with Crippen LogP contribution in [0.1, 0.15) is 44.1 Å². The number of nitrogens with zero attached hydrogens (tertiary/aromatic N) is 5. The Morgan fingerprint density at radius 1 is 1.06 bits per heavy atom. The molecule has 0 bridgehead atoms. The summed E-state index contributed by atoms with van der Waals surface area (Å²) in [6.45, 7) is 2.89. The summed E-state index contributed by atoms with van der Waals surface area (Å²) in [7, 11) is 0. The van der Waals surface area contributed by atoms with Gasteiger partial charge in [0.15, 0.2) is 0 Å². The van der Waals surface area contributed by atoms with E-state index >= 15 is 0 Å². The van der Waals surface area contributed by atoms with Gasteiger partial charge in [0.1, 0.15) is 11.0 Å². The summed E-state index contributed by atoms with van der Waals surface area (Å²) in [5, 5.41) is 4.35. The Balaban J connectivity index is 1.51. The van der Waals surface area contributed by atoms with Crippen molar-refractivity contribution in [2.24, 2.45) is 4.99 Å². The summed E-state index contributed by atoms with van der Waals surface area (Å²) >= 11 is 6.08. The van der Waals surface area contributed by atoms with Crippen LogP contribution in [-0.4, -0.2) is 24.4 Å². The van der Waals surface area contributed by atoms with E-state index in [0.29, 0.717) is 47.7 Å². The van der Waals surface area contributed by atoms with Gasteiger partial charge < -0.3 is 4.52 Å². The van der Waals surface area contributed by atoms with Crippen LogP contribution in [0.5, 0.6) is 0 Å². The van der Waals surface area contributed by atoms with Gasteiger partial charge in [-0.05, 0) is 12.8 Å². The molecule has 8 nitrogen and oxygen atoms in total. The number of fused-ring (bicyclic) bond motifs is 1. The van der Waals surface area contributed by atoms with Gasteiger partial charge in [0.05, 0.1) is 5.56 Å². The molecule has 1 aliphatic heterocycles. The molecule has 0 radical (unpaired) electrons. The van der Waals surface area contributed by atoms with Crippen LogP contribution in [0.2, 0.25) is 0 Å². The summed E-state index contributed by atoms with van der Waals surface area (Å²) in [5.41, 5.74) is 0.705. The van der Waals surface area contributed by atoms with Crippen molar-refractivity contribution in [1.29, 1.82) is 0 Å². The molecule has 0 amide bonds. The van der Waals surface area contributed by atoms with Gasteiger partial charge in [-0.3, -0.25) is 13.9 Å². The number of unbranched alkanes of at least 4 members (excludes halogenated alkanes) is 2. The molecule has 162 valence electrons. The second-order valence-electron chi connectivity index (χ2n) is 7.55. The topological polar surface area (TPSA) is 95.3 Å². The third kappa shape index (κ3) is 4.54. The van der Waals surface area contributed by atoms with Crippen LogP contribution in [0.25, 0.3) is 11.4 Å². The lowest BCUT2D eigenvalue weighted by Gasteiger charge is -2.13. The van der Waals surface area contributed by atoms with Gasteiger partial charge in [0, 0.05) is 31.5 Å². The van der Waals surface area contributed by atoms with Crippen molar-refractivity contribution in [3.05, 3.63) is 62.6 Å². The van der Waals surface area contributed by atoms with Gasteiger partial charge in [-0.15, -0.1) is 0 Å². The first kappa shape index (κ1) is 21.2. The highest BCUT2D eigenvalue weighted by Crippen LogP contribution is 2.24. The van der Waals surface area contributed by atoms with Crippen LogP contribution >= 0.6 is 11.6 Å². The SMILES string of the molecule is CCCCCn1c2c(c(=O)n(CCCc3nc(-c4ccccc4)no3)c1=O)CC(Cl)=N2. The van der Waals surface area contributed by atoms with E-state index in [4.69, 9.17) is 16.1 Å². The zero-order chi connectivity index (χ0) is 21.8. The van der Waals surface area contributed by atoms with E-state index in [1.165, 1.54) is 4.57 Å². The van der Waals surface area contributed by atoms with Crippen LogP contribution in [-0.2, 0) is 25.9 Å². The predicted molar refractivity (Wildman–Crippen MR) is 119 cm³/mol. The molecule has 31 heavy (non-hydrogen) atoms. The highest BCUT2D eigenvalue weighted by Gasteiger charge is 2.24. The van der Waals surface area contributed by atoms with E-state index in [9.17, 15) is 9.59 Å². The maximum Gasteiger partial charge on any atom is 0.332 e. The predicted octanol–water partition coefficient (Wildman–Crippen LogP) is 3.71.